The number of ether oxygens (including phenoxy) is 1. The molecule has 0 radical (unpaired) electrons. The molecule has 1 aromatic rings. The highest BCUT2D eigenvalue weighted by atomic mass is 16.5. The van der Waals surface area contributed by atoms with Crippen molar-refractivity contribution in [1.29, 1.82) is 0 Å². The van der Waals surface area contributed by atoms with Gasteiger partial charge in [0.05, 0.1) is 12.5 Å². The Morgan fingerprint density at radius 1 is 1.37 bits per heavy atom. The van der Waals surface area contributed by atoms with E-state index < -0.39 is 5.41 Å². The average molecular weight is 264 g/mol. The molecule has 0 aliphatic carbocycles. The third-order valence-corrected chi connectivity index (χ3v) is 3.67. The fourth-order valence-corrected chi connectivity index (χ4v) is 1.92. The van der Waals surface area contributed by atoms with Crippen LogP contribution >= 0.6 is 0 Å². The minimum absolute atomic E-state index is 0.0910. The number of carbonyl (C=O) groups is 1. The largest absolute Gasteiger partial charge is 0.497 e. The summed E-state index contributed by atoms with van der Waals surface area (Å²) < 4.78 is 5.11. The molecule has 1 atom stereocenters. The van der Waals surface area contributed by atoms with Crippen LogP contribution in [0.15, 0.2) is 24.3 Å². The summed E-state index contributed by atoms with van der Waals surface area (Å²) in [7, 11) is 3.45. The molecule has 0 aromatic heterocycles. The zero-order valence-electron chi connectivity index (χ0n) is 12.3. The predicted molar refractivity (Wildman–Crippen MR) is 76.9 cm³/mol. The van der Waals surface area contributed by atoms with E-state index in [0.717, 1.165) is 17.7 Å². The Kier molecular flexibility index (Phi) is 5.36. The Morgan fingerprint density at radius 2 is 1.95 bits per heavy atom. The van der Waals surface area contributed by atoms with Gasteiger partial charge in [0, 0.05) is 20.1 Å². The molecule has 106 valence electrons. The second-order valence-electron chi connectivity index (χ2n) is 5.13. The monoisotopic (exact) mass is 264 g/mol. The number of rotatable bonds is 6. The number of methoxy groups -OCH3 is 1. The summed E-state index contributed by atoms with van der Waals surface area (Å²) in [6.45, 7) is 4.86. The standard InChI is InChI=1S/C15H24N2O2/c1-5-15(2,11-16)14(18)17(3)10-12-6-8-13(19-4)9-7-12/h6-9H,5,10-11,16H2,1-4H3. The van der Waals surface area contributed by atoms with Crippen molar-refractivity contribution in [2.24, 2.45) is 11.1 Å². The first-order chi connectivity index (χ1) is 8.96. The van der Waals surface area contributed by atoms with Crippen molar-refractivity contribution in [2.45, 2.75) is 26.8 Å². The lowest BCUT2D eigenvalue weighted by Crippen LogP contribution is -2.44. The molecule has 0 aliphatic heterocycles. The van der Waals surface area contributed by atoms with Gasteiger partial charge in [-0.1, -0.05) is 19.1 Å². The fraction of sp³-hybridized carbons (Fsp3) is 0.533. The van der Waals surface area contributed by atoms with Crippen LogP contribution in [0.1, 0.15) is 25.8 Å². The molecule has 0 bridgehead atoms. The molecule has 1 unspecified atom stereocenters. The van der Waals surface area contributed by atoms with Crippen molar-refractivity contribution in [3.8, 4) is 5.75 Å². The van der Waals surface area contributed by atoms with E-state index in [1.54, 1.807) is 12.0 Å². The van der Waals surface area contributed by atoms with Gasteiger partial charge in [-0.3, -0.25) is 4.79 Å². The molecule has 4 heteroatoms. The number of carbonyl (C=O) groups excluding carboxylic acids is 1. The van der Waals surface area contributed by atoms with Crippen LogP contribution in [0.2, 0.25) is 0 Å². The Hall–Kier alpha value is -1.55. The van der Waals surface area contributed by atoms with Crippen molar-refractivity contribution in [2.75, 3.05) is 20.7 Å². The van der Waals surface area contributed by atoms with Crippen molar-refractivity contribution in [1.82, 2.24) is 4.90 Å². The molecule has 1 aromatic carbocycles. The zero-order chi connectivity index (χ0) is 14.5. The zero-order valence-corrected chi connectivity index (χ0v) is 12.3. The number of nitrogens with zero attached hydrogens (tertiary/aromatic N) is 1. The maximum absolute atomic E-state index is 12.4. The molecule has 19 heavy (non-hydrogen) atoms. The topological polar surface area (TPSA) is 55.6 Å². The van der Waals surface area contributed by atoms with Crippen molar-refractivity contribution in [3.05, 3.63) is 29.8 Å². The van der Waals surface area contributed by atoms with Crippen LogP contribution in [0.3, 0.4) is 0 Å². The van der Waals surface area contributed by atoms with Gasteiger partial charge in [0.15, 0.2) is 0 Å². The molecule has 1 rings (SSSR count). The lowest BCUT2D eigenvalue weighted by Gasteiger charge is -2.30. The second-order valence-corrected chi connectivity index (χ2v) is 5.13. The third kappa shape index (κ3) is 3.70. The summed E-state index contributed by atoms with van der Waals surface area (Å²) in [5, 5.41) is 0. The Balaban J connectivity index is 2.73. The molecule has 0 fully saturated rings. The van der Waals surface area contributed by atoms with Crippen molar-refractivity contribution >= 4 is 5.91 Å². The minimum atomic E-state index is -0.471. The Bertz CT molecular complexity index is 411. The average Bonchev–Trinajstić information content (AvgIpc) is 2.46. The van der Waals surface area contributed by atoms with Crippen LogP contribution in [0.5, 0.6) is 5.75 Å². The summed E-state index contributed by atoms with van der Waals surface area (Å²) in [5.74, 6) is 0.909. The van der Waals surface area contributed by atoms with Gasteiger partial charge in [0.25, 0.3) is 0 Å². The highest BCUT2D eigenvalue weighted by Crippen LogP contribution is 2.23. The minimum Gasteiger partial charge on any atom is -0.497 e. The first kappa shape index (κ1) is 15.5. The number of nitrogens with two attached hydrogens (primary N) is 1. The van der Waals surface area contributed by atoms with Crippen LogP contribution in [-0.4, -0.2) is 31.5 Å². The molecule has 0 saturated carbocycles. The Morgan fingerprint density at radius 3 is 2.37 bits per heavy atom. The van der Waals surface area contributed by atoms with Gasteiger partial charge in [0.2, 0.25) is 5.91 Å². The van der Waals surface area contributed by atoms with Crippen LogP contribution in [0, 0.1) is 5.41 Å². The van der Waals surface area contributed by atoms with Gasteiger partial charge in [-0.25, -0.2) is 0 Å². The summed E-state index contributed by atoms with van der Waals surface area (Å²) in [6, 6.07) is 7.73. The van der Waals surface area contributed by atoms with Crippen LogP contribution in [-0.2, 0) is 11.3 Å². The molecule has 0 heterocycles. The highest BCUT2D eigenvalue weighted by molar-refractivity contribution is 5.82. The number of hydrogen-bond donors (Lipinski definition) is 1. The lowest BCUT2D eigenvalue weighted by molar-refractivity contribution is -0.140. The lowest BCUT2D eigenvalue weighted by atomic mass is 9.86. The molecular weight excluding hydrogens is 240 g/mol. The third-order valence-electron chi connectivity index (χ3n) is 3.67. The van der Waals surface area contributed by atoms with Gasteiger partial charge >= 0.3 is 0 Å². The normalized spacial score (nSPS) is 13.7. The van der Waals surface area contributed by atoms with Gasteiger partial charge in [-0.15, -0.1) is 0 Å². The van der Waals surface area contributed by atoms with Gasteiger partial charge in [-0.2, -0.15) is 0 Å². The highest BCUT2D eigenvalue weighted by Gasteiger charge is 2.32. The first-order valence-corrected chi connectivity index (χ1v) is 6.55. The van der Waals surface area contributed by atoms with E-state index in [9.17, 15) is 4.79 Å². The quantitative estimate of drug-likeness (QED) is 0.855. The second kappa shape index (κ2) is 6.57. The van der Waals surface area contributed by atoms with E-state index in [4.69, 9.17) is 10.5 Å². The first-order valence-electron chi connectivity index (χ1n) is 6.55. The predicted octanol–water partition coefficient (Wildman–Crippen LogP) is 2.03. The van der Waals surface area contributed by atoms with Gasteiger partial charge < -0.3 is 15.4 Å². The summed E-state index contributed by atoms with van der Waals surface area (Å²) in [6.07, 6.45) is 0.745. The van der Waals surface area contributed by atoms with Crippen molar-refractivity contribution in [3.63, 3.8) is 0 Å². The molecule has 2 N–H and O–H groups in total. The molecular formula is C15H24N2O2. The van der Waals surface area contributed by atoms with Crippen molar-refractivity contribution < 1.29 is 9.53 Å². The van der Waals surface area contributed by atoms with E-state index in [-0.39, 0.29) is 5.91 Å². The number of amides is 1. The van der Waals surface area contributed by atoms with Gasteiger partial charge in [-0.05, 0) is 31.0 Å². The number of benzene rings is 1. The van der Waals surface area contributed by atoms with Crippen LogP contribution in [0.4, 0.5) is 0 Å². The van der Waals surface area contributed by atoms with E-state index in [1.807, 2.05) is 45.2 Å². The Labute approximate surface area is 115 Å². The van der Waals surface area contributed by atoms with E-state index in [2.05, 4.69) is 0 Å². The number of hydrogen-bond acceptors (Lipinski definition) is 3. The van der Waals surface area contributed by atoms with E-state index >= 15 is 0 Å². The molecule has 4 nitrogen and oxygen atoms in total. The van der Waals surface area contributed by atoms with E-state index in [1.165, 1.54) is 0 Å². The molecule has 1 amide bonds. The SMILES string of the molecule is CCC(C)(CN)C(=O)N(C)Cc1ccc(OC)cc1. The summed E-state index contributed by atoms with van der Waals surface area (Å²) in [5.41, 5.74) is 6.33. The van der Waals surface area contributed by atoms with Gasteiger partial charge in [0.1, 0.15) is 5.75 Å². The van der Waals surface area contributed by atoms with E-state index in [0.29, 0.717) is 13.1 Å². The summed E-state index contributed by atoms with van der Waals surface area (Å²) in [4.78, 5) is 14.1. The molecule has 0 spiro atoms. The maximum atomic E-state index is 12.4. The van der Waals surface area contributed by atoms with Crippen LogP contribution in [0.25, 0.3) is 0 Å². The fourth-order valence-electron chi connectivity index (χ4n) is 1.92. The summed E-state index contributed by atoms with van der Waals surface area (Å²) >= 11 is 0. The maximum Gasteiger partial charge on any atom is 0.229 e. The molecule has 0 aliphatic rings. The molecule has 0 saturated heterocycles. The smallest absolute Gasteiger partial charge is 0.229 e. The van der Waals surface area contributed by atoms with Crippen LogP contribution < -0.4 is 10.5 Å².